The van der Waals surface area contributed by atoms with E-state index in [1.807, 2.05) is 0 Å². The first-order valence-corrected chi connectivity index (χ1v) is 5.86. The fourth-order valence-electron chi connectivity index (χ4n) is 1.82. The lowest BCUT2D eigenvalue weighted by Gasteiger charge is -2.27. The van der Waals surface area contributed by atoms with E-state index in [2.05, 4.69) is 5.32 Å². The smallest absolute Gasteiger partial charge is 0.264 e. The molecule has 1 aromatic carbocycles. The average Bonchev–Trinajstić information content (AvgIpc) is 2.51. The van der Waals surface area contributed by atoms with Crippen LogP contribution in [0.1, 0.15) is 0 Å². The monoisotopic (exact) mass is 279 g/mol. The van der Waals surface area contributed by atoms with Crippen molar-refractivity contribution in [3.8, 4) is 24.0 Å². The molecule has 1 aliphatic heterocycles. The zero-order valence-corrected chi connectivity index (χ0v) is 11.0. The number of carbonyl (C=O) groups excluding carboxylic acids is 1. The lowest BCUT2D eigenvalue weighted by Crippen LogP contribution is -2.35. The molecule has 0 bridgehead atoms. The number of allylic oxidation sites excluding steroid dienone is 2. The first-order valence-electron chi connectivity index (χ1n) is 5.86. The number of benzene rings is 1. The summed E-state index contributed by atoms with van der Waals surface area (Å²) in [6.45, 7) is -0.114. The second kappa shape index (κ2) is 5.64. The van der Waals surface area contributed by atoms with Gasteiger partial charge in [0.1, 0.15) is 23.9 Å². The molecule has 0 saturated heterocycles. The second-order valence-corrected chi connectivity index (χ2v) is 4.11. The van der Waals surface area contributed by atoms with Crippen molar-refractivity contribution in [2.75, 3.05) is 23.9 Å². The van der Waals surface area contributed by atoms with E-state index in [9.17, 15) is 4.79 Å². The van der Waals surface area contributed by atoms with Crippen molar-refractivity contribution < 1.29 is 9.53 Å². The van der Waals surface area contributed by atoms with E-state index < -0.39 is 0 Å². The van der Waals surface area contributed by atoms with Crippen LogP contribution in [0, 0.1) is 34.0 Å². The molecule has 0 aliphatic carbocycles. The highest BCUT2D eigenvalue weighted by atomic mass is 16.5. The van der Waals surface area contributed by atoms with E-state index in [0.717, 1.165) is 0 Å². The fourth-order valence-corrected chi connectivity index (χ4v) is 1.82. The van der Waals surface area contributed by atoms with E-state index in [1.165, 1.54) is 4.90 Å². The number of hydrogen-bond donors (Lipinski definition) is 1. The maximum atomic E-state index is 11.6. The van der Waals surface area contributed by atoms with Crippen molar-refractivity contribution in [1.82, 2.24) is 0 Å². The van der Waals surface area contributed by atoms with Gasteiger partial charge in [0, 0.05) is 7.05 Å². The first-order chi connectivity index (χ1) is 10.1. The van der Waals surface area contributed by atoms with Crippen LogP contribution < -0.4 is 15.0 Å². The molecule has 1 aromatic rings. The molecule has 102 valence electrons. The van der Waals surface area contributed by atoms with Crippen molar-refractivity contribution in [2.45, 2.75) is 0 Å². The van der Waals surface area contributed by atoms with Crippen LogP contribution in [0.4, 0.5) is 11.4 Å². The van der Waals surface area contributed by atoms with Gasteiger partial charge >= 0.3 is 0 Å². The summed E-state index contributed by atoms with van der Waals surface area (Å²) in [5.41, 5.74) is 0.460. The number of ether oxygens (including phenoxy) is 1. The molecule has 0 radical (unpaired) electrons. The van der Waals surface area contributed by atoms with Crippen LogP contribution in [-0.4, -0.2) is 19.6 Å². The van der Waals surface area contributed by atoms with Crippen LogP contribution >= 0.6 is 0 Å². The van der Waals surface area contributed by atoms with E-state index >= 15 is 0 Å². The van der Waals surface area contributed by atoms with Gasteiger partial charge in [-0.2, -0.15) is 15.8 Å². The Morgan fingerprint density at radius 3 is 2.62 bits per heavy atom. The molecular weight excluding hydrogens is 270 g/mol. The predicted molar refractivity (Wildman–Crippen MR) is 72.8 cm³/mol. The number of likely N-dealkylation sites (N-methyl/N-ethyl adjacent to an activating group) is 1. The van der Waals surface area contributed by atoms with Crippen molar-refractivity contribution >= 4 is 17.3 Å². The highest BCUT2D eigenvalue weighted by Gasteiger charge is 2.24. The second-order valence-electron chi connectivity index (χ2n) is 4.11. The van der Waals surface area contributed by atoms with Crippen molar-refractivity contribution in [3.05, 3.63) is 29.5 Å². The summed E-state index contributed by atoms with van der Waals surface area (Å²) in [4.78, 5) is 13.0. The van der Waals surface area contributed by atoms with Crippen LogP contribution in [0.5, 0.6) is 5.75 Å². The Morgan fingerprint density at radius 1 is 1.29 bits per heavy atom. The molecule has 2 rings (SSSR count). The molecule has 7 nitrogen and oxygen atoms in total. The summed E-state index contributed by atoms with van der Waals surface area (Å²) in [5, 5.41) is 29.4. The van der Waals surface area contributed by atoms with Crippen LogP contribution in [0.3, 0.4) is 0 Å². The fraction of sp³-hybridized carbons (Fsp3) is 0.143. The van der Waals surface area contributed by atoms with Crippen molar-refractivity contribution in [1.29, 1.82) is 15.8 Å². The summed E-state index contributed by atoms with van der Waals surface area (Å²) in [7, 11) is 1.62. The largest absolute Gasteiger partial charge is 0.479 e. The number of rotatable bonds is 2. The Balaban J connectivity index is 2.47. The van der Waals surface area contributed by atoms with E-state index in [4.69, 9.17) is 20.5 Å². The molecule has 0 atom stereocenters. The van der Waals surface area contributed by atoms with Gasteiger partial charge in [-0.3, -0.25) is 4.79 Å². The zero-order chi connectivity index (χ0) is 15.4. The van der Waals surface area contributed by atoms with Crippen molar-refractivity contribution in [3.63, 3.8) is 0 Å². The molecule has 0 saturated carbocycles. The molecule has 0 aromatic heterocycles. The summed E-state index contributed by atoms with van der Waals surface area (Å²) in [6, 6.07) is 10.1. The number of fused-ring (bicyclic) bond motifs is 1. The van der Waals surface area contributed by atoms with Crippen molar-refractivity contribution in [2.24, 2.45) is 0 Å². The Morgan fingerprint density at radius 2 is 2.00 bits per heavy atom. The lowest BCUT2D eigenvalue weighted by atomic mass is 10.2. The van der Waals surface area contributed by atoms with E-state index in [-0.39, 0.29) is 23.8 Å². The summed E-state index contributed by atoms with van der Waals surface area (Å²) in [6.07, 6.45) is 0. The summed E-state index contributed by atoms with van der Waals surface area (Å²) < 4.78 is 5.38. The maximum absolute atomic E-state index is 11.6. The van der Waals surface area contributed by atoms with Crippen LogP contribution in [-0.2, 0) is 4.79 Å². The Kier molecular flexibility index (Phi) is 3.74. The third-order valence-electron chi connectivity index (χ3n) is 2.91. The molecule has 1 aliphatic rings. The molecule has 0 spiro atoms. The third kappa shape index (κ3) is 2.47. The van der Waals surface area contributed by atoms with Gasteiger partial charge in [0.25, 0.3) is 5.91 Å². The highest BCUT2D eigenvalue weighted by molar-refractivity contribution is 5.99. The van der Waals surface area contributed by atoms with Gasteiger partial charge in [-0.1, -0.05) is 6.07 Å². The molecular formula is C14H9N5O2. The predicted octanol–water partition coefficient (Wildman–Crippen LogP) is 1.28. The number of nitrogens with one attached hydrogen (secondary N) is 1. The molecule has 0 fully saturated rings. The number of hydrogen-bond acceptors (Lipinski definition) is 6. The van der Waals surface area contributed by atoms with E-state index in [0.29, 0.717) is 17.1 Å². The quantitative estimate of drug-likeness (QED) is 0.816. The lowest BCUT2D eigenvalue weighted by molar-refractivity contribution is -0.120. The minimum Gasteiger partial charge on any atom is -0.479 e. The van der Waals surface area contributed by atoms with Gasteiger partial charge in [0.2, 0.25) is 0 Å². The van der Waals surface area contributed by atoms with Gasteiger partial charge in [-0.05, 0) is 12.1 Å². The number of nitrogens with zero attached hydrogens (tertiary/aromatic N) is 4. The molecule has 1 N–H and O–H groups in total. The van der Waals surface area contributed by atoms with Gasteiger partial charge in [0.05, 0.1) is 11.4 Å². The normalized spacial score (nSPS) is 12.1. The van der Waals surface area contributed by atoms with Crippen LogP contribution in [0.2, 0.25) is 0 Å². The van der Waals surface area contributed by atoms with E-state index in [1.54, 1.807) is 43.5 Å². The average molecular weight is 279 g/mol. The number of anilines is 2. The number of nitriles is 3. The zero-order valence-electron chi connectivity index (χ0n) is 11.0. The third-order valence-corrected chi connectivity index (χ3v) is 2.91. The maximum Gasteiger partial charge on any atom is 0.264 e. The van der Waals surface area contributed by atoms with Gasteiger partial charge in [-0.25, -0.2) is 0 Å². The number of carbonyl (C=O) groups is 1. The number of para-hydroxylation sites is 1. The van der Waals surface area contributed by atoms with Crippen LogP contribution in [0.15, 0.2) is 29.5 Å². The van der Waals surface area contributed by atoms with Crippen LogP contribution in [0.25, 0.3) is 0 Å². The minimum absolute atomic E-state index is 0.114. The Hall–Kier alpha value is -3.50. The van der Waals surface area contributed by atoms with Gasteiger partial charge in [-0.15, -0.1) is 0 Å². The van der Waals surface area contributed by atoms with Gasteiger partial charge < -0.3 is 15.0 Å². The standard InChI is InChI=1S/C14H9N5O2/c1-19-12-4-2-3-10(14(12)21-8-13(19)20)18-11(7-17)9(5-15)6-16/h2-4,18H,8H2,1H3. The molecule has 0 unspecified atom stereocenters. The summed E-state index contributed by atoms with van der Waals surface area (Å²) >= 11 is 0. The number of amides is 1. The molecule has 1 amide bonds. The topological polar surface area (TPSA) is 113 Å². The Labute approximate surface area is 120 Å². The first kappa shape index (κ1) is 13.9. The molecule has 1 heterocycles. The van der Waals surface area contributed by atoms with Gasteiger partial charge in [0.15, 0.2) is 17.9 Å². The highest BCUT2D eigenvalue weighted by Crippen LogP contribution is 2.38. The Bertz CT molecular complexity index is 745. The molecule has 21 heavy (non-hydrogen) atoms. The summed E-state index contributed by atoms with van der Waals surface area (Å²) in [5.74, 6) is 0.202. The molecule has 7 heteroatoms. The SMILES string of the molecule is CN1C(=O)COc2c(NC(C#N)=C(C#N)C#N)cccc21. The minimum atomic E-state index is -0.324.